The smallest absolute Gasteiger partial charge is 0.337 e. The number of carbonyl (C=O) groups is 1. The number of nitrogens with zero attached hydrogens (tertiary/aromatic N) is 3. The molecule has 1 saturated carbocycles. The van der Waals surface area contributed by atoms with Crippen LogP contribution in [-0.2, 0) is 18.4 Å². The first-order valence-electron chi connectivity index (χ1n) is 7.84. The summed E-state index contributed by atoms with van der Waals surface area (Å²) in [7, 11) is 1.78. The minimum atomic E-state index is -4.48. The molecule has 1 aromatic heterocycles. The molecule has 3 rings (SSSR count). The lowest BCUT2D eigenvalue weighted by atomic mass is 9.93. The minimum absolute atomic E-state index is 0. The van der Waals surface area contributed by atoms with Gasteiger partial charge in [0.1, 0.15) is 12.2 Å². The standard InChI is InChI=1S/C15H21F3N4O.ClH/c1-21-7-6-20-12(21)10-22(13(23)9-15(16,17)18)11-8-14(11)2-4-19-5-3-14;/h6-7,11,19H,2-5,8-10H2,1H3;1H. The van der Waals surface area contributed by atoms with Crippen molar-refractivity contribution in [2.45, 2.75) is 44.4 Å². The second-order valence-corrected chi connectivity index (χ2v) is 6.60. The first-order valence-corrected chi connectivity index (χ1v) is 7.84. The van der Waals surface area contributed by atoms with Gasteiger partial charge in [-0.15, -0.1) is 12.4 Å². The zero-order chi connectivity index (χ0) is 16.7. The number of rotatable bonds is 4. The molecule has 1 atom stereocenters. The van der Waals surface area contributed by atoms with Crippen LogP contribution in [0.4, 0.5) is 13.2 Å². The Morgan fingerprint density at radius 1 is 1.46 bits per heavy atom. The first-order chi connectivity index (χ1) is 10.8. The molecule has 2 heterocycles. The van der Waals surface area contributed by atoms with Gasteiger partial charge in [-0.3, -0.25) is 4.79 Å². The minimum Gasteiger partial charge on any atom is -0.337 e. The third kappa shape index (κ3) is 4.03. The topological polar surface area (TPSA) is 50.2 Å². The Morgan fingerprint density at radius 2 is 2.12 bits per heavy atom. The van der Waals surface area contributed by atoms with Crippen molar-refractivity contribution in [3.05, 3.63) is 18.2 Å². The maximum absolute atomic E-state index is 12.7. The highest BCUT2D eigenvalue weighted by atomic mass is 35.5. The SMILES string of the molecule is Cl.Cn1ccnc1CN(C(=O)CC(F)(F)F)C1CC12CCNCC2. The number of piperidine rings is 1. The van der Waals surface area contributed by atoms with E-state index in [0.717, 1.165) is 32.4 Å². The lowest BCUT2D eigenvalue weighted by Gasteiger charge is -2.29. The summed E-state index contributed by atoms with van der Waals surface area (Å²) >= 11 is 0. The maximum Gasteiger partial charge on any atom is 0.397 e. The van der Waals surface area contributed by atoms with Crippen LogP contribution in [0.1, 0.15) is 31.5 Å². The molecule has 1 spiro atoms. The van der Waals surface area contributed by atoms with Crippen LogP contribution in [0.3, 0.4) is 0 Å². The van der Waals surface area contributed by atoms with E-state index < -0.39 is 18.5 Å². The molecule has 24 heavy (non-hydrogen) atoms. The number of hydrogen-bond donors (Lipinski definition) is 1. The molecular weight excluding hydrogens is 345 g/mol. The molecule has 1 saturated heterocycles. The average Bonchev–Trinajstić information content (AvgIpc) is 2.96. The largest absolute Gasteiger partial charge is 0.397 e. The van der Waals surface area contributed by atoms with E-state index >= 15 is 0 Å². The predicted molar refractivity (Wildman–Crippen MR) is 84.6 cm³/mol. The van der Waals surface area contributed by atoms with E-state index in [0.29, 0.717) is 5.82 Å². The van der Waals surface area contributed by atoms with Gasteiger partial charge >= 0.3 is 6.18 Å². The molecule has 9 heteroatoms. The summed E-state index contributed by atoms with van der Waals surface area (Å²) in [6, 6.07) is -0.101. The van der Waals surface area contributed by atoms with Crippen molar-refractivity contribution < 1.29 is 18.0 Å². The van der Waals surface area contributed by atoms with E-state index in [4.69, 9.17) is 0 Å². The lowest BCUT2D eigenvalue weighted by Crippen LogP contribution is -2.41. The van der Waals surface area contributed by atoms with Crippen molar-refractivity contribution in [1.82, 2.24) is 19.8 Å². The molecule has 1 N–H and O–H groups in total. The number of nitrogens with one attached hydrogen (secondary N) is 1. The van der Waals surface area contributed by atoms with Crippen molar-refractivity contribution in [2.24, 2.45) is 12.5 Å². The summed E-state index contributed by atoms with van der Waals surface area (Å²) in [5.74, 6) is -0.239. The Hall–Kier alpha value is -1.28. The predicted octanol–water partition coefficient (Wildman–Crippen LogP) is 2.27. The van der Waals surface area contributed by atoms with Crippen LogP contribution in [-0.4, -0.2) is 45.7 Å². The van der Waals surface area contributed by atoms with Crippen molar-refractivity contribution in [1.29, 1.82) is 0 Å². The maximum atomic E-state index is 12.7. The molecule has 5 nitrogen and oxygen atoms in total. The van der Waals surface area contributed by atoms with Crippen LogP contribution in [0.5, 0.6) is 0 Å². The highest BCUT2D eigenvalue weighted by Gasteiger charge is 2.58. The average molecular weight is 367 g/mol. The fourth-order valence-electron chi connectivity index (χ4n) is 3.58. The Balaban J connectivity index is 0.00000208. The highest BCUT2D eigenvalue weighted by molar-refractivity contribution is 5.85. The Bertz CT molecular complexity index is 584. The fourth-order valence-corrected chi connectivity index (χ4v) is 3.58. The third-order valence-electron chi connectivity index (χ3n) is 5.03. The van der Waals surface area contributed by atoms with Gasteiger partial charge < -0.3 is 14.8 Å². The molecule has 1 aliphatic carbocycles. The van der Waals surface area contributed by atoms with Crippen molar-refractivity contribution in [3.63, 3.8) is 0 Å². The third-order valence-corrected chi connectivity index (χ3v) is 5.03. The molecule has 0 aromatic carbocycles. The van der Waals surface area contributed by atoms with Gasteiger partial charge in [-0.25, -0.2) is 4.98 Å². The Labute approximate surface area is 145 Å². The second kappa shape index (κ2) is 6.92. The molecule has 0 radical (unpaired) electrons. The molecule has 1 aliphatic heterocycles. The molecule has 2 fully saturated rings. The van der Waals surface area contributed by atoms with E-state index in [-0.39, 0.29) is 30.4 Å². The van der Waals surface area contributed by atoms with Crippen LogP contribution in [0.25, 0.3) is 0 Å². The van der Waals surface area contributed by atoms with Crippen molar-refractivity contribution in [3.8, 4) is 0 Å². The Kier molecular flexibility index (Phi) is 5.49. The number of amides is 1. The van der Waals surface area contributed by atoms with Gasteiger partial charge in [0.05, 0.1) is 6.54 Å². The van der Waals surface area contributed by atoms with Gasteiger partial charge in [-0.2, -0.15) is 13.2 Å². The zero-order valence-corrected chi connectivity index (χ0v) is 14.3. The van der Waals surface area contributed by atoms with E-state index in [1.54, 1.807) is 24.0 Å². The van der Waals surface area contributed by atoms with Gasteiger partial charge in [0.2, 0.25) is 5.91 Å². The summed E-state index contributed by atoms with van der Waals surface area (Å²) in [6.45, 7) is 1.86. The van der Waals surface area contributed by atoms with E-state index in [2.05, 4.69) is 10.3 Å². The van der Waals surface area contributed by atoms with Gasteiger partial charge in [0, 0.05) is 25.5 Å². The quantitative estimate of drug-likeness (QED) is 0.889. The highest BCUT2D eigenvalue weighted by Crippen LogP contribution is 2.56. The van der Waals surface area contributed by atoms with Gasteiger partial charge in [-0.1, -0.05) is 0 Å². The van der Waals surface area contributed by atoms with Gasteiger partial charge in [0.25, 0.3) is 0 Å². The number of alkyl halides is 3. The number of aromatic nitrogens is 2. The van der Waals surface area contributed by atoms with Gasteiger partial charge in [-0.05, 0) is 37.8 Å². The molecule has 1 amide bonds. The molecular formula is C15H22ClF3N4O. The molecule has 1 aromatic rings. The van der Waals surface area contributed by atoms with Crippen LogP contribution in [0.2, 0.25) is 0 Å². The van der Waals surface area contributed by atoms with E-state index in [1.807, 2.05) is 0 Å². The van der Waals surface area contributed by atoms with E-state index in [1.165, 1.54) is 4.90 Å². The molecule has 1 unspecified atom stereocenters. The number of hydrogen-bond acceptors (Lipinski definition) is 3. The molecule has 0 bridgehead atoms. The zero-order valence-electron chi connectivity index (χ0n) is 13.5. The Morgan fingerprint density at radius 3 is 2.67 bits per heavy atom. The monoisotopic (exact) mass is 366 g/mol. The fraction of sp³-hybridized carbons (Fsp3) is 0.733. The number of carbonyl (C=O) groups excluding carboxylic acids is 1. The summed E-state index contributed by atoms with van der Waals surface area (Å²) in [4.78, 5) is 17.8. The normalized spacial score (nSPS) is 22.1. The number of imidazole rings is 1. The lowest BCUT2D eigenvalue weighted by molar-refractivity contribution is -0.162. The number of aryl methyl sites for hydroxylation is 1. The number of halogens is 4. The summed E-state index contributed by atoms with van der Waals surface area (Å²) in [5, 5.41) is 3.26. The summed E-state index contributed by atoms with van der Waals surface area (Å²) < 4.78 is 39.7. The van der Waals surface area contributed by atoms with Crippen LogP contribution in [0, 0.1) is 5.41 Å². The molecule has 2 aliphatic rings. The van der Waals surface area contributed by atoms with Crippen LogP contribution < -0.4 is 5.32 Å². The van der Waals surface area contributed by atoms with Crippen LogP contribution >= 0.6 is 12.4 Å². The van der Waals surface area contributed by atoms with Gasteiger partial charge in [0.15, 0.2) is 0 Å². The van der Waals surface area contributed by atoms with Crippen molar-refractivity contribution >= 4 is 18.3 Å². The summed E-state index contributed by atoms with van der Waals surface area (Å²) in [5.41, 5.74) is -0.00231. The van der Waals surface area contributed by atoms with Crippen LogP contribution in [0.15, 0.2) is 12.4 Å². The van der Waals surface area contributed by atoms with E-state index in [9.17, 15) is 18.0 Å². The molecule has 136 valence electrons. The summed E-state index contributed by atoms with van der Waals surface area (Å²) in [6.07, 6.45) is 0.0596. The second-order valence-electron chi connectivity index (χ2n) is 6.60. The van der Waals surface area contributed by atoms with Crippen molar-refractivity contribution in [2.75, 3.05) is 13.1 Å². The first kappa shape index (κ1) is 19.1.